The molecule has 0 nitrogen and oxygen atoms in total. The number of hydrogen-bond donors (Lipinski definition) is 0. The Kier molecular flexibility index (Phi) is 3.38. The lowest BCUT2D eigenvalue weighted by Gasteiger charge is -2.06. The van der Waals surface area contributed by atoms with Gasteiger partial charge in [-0.3, -0.25) is 0 Å². The van der Waals surface area contributed by atoms with Gasteiger partial charge in [0.05, 0.1) is 0 Å². The van der Waals surface area contributed by atoms with E-state index < -0.39 is 5.82 Å². The zero-order valence-electron chi connectivity index (χ0n) is 7.90. The highest BCUT2D eigenvalue weighted by atomic mass is 35.5. The van der Waals surface area contributed by atoms with Gasteiger partial charge in [-0.05, 0) is 30.3 Å². The number of rotatable bonds is 1. The number of hydrogen-bond acceptors (Lipinski definition) is 0. The molecule has 2 rings (SSSR count). The molecule has 0 aromatic heterocycles. The minimum absolute atomic E-state index is 0.339. The largest absolute Gasteiger partial charge is 0.206 e. The van der Waals surface area contributed by atoms with E-state index in [-0.39, 0.29) is 0 Å². The molecule has 0 spiro atoms. The molecule has 0 aliphatic carbocycles. The molecule has 0 N–H and O–H groups in total. The van der Waals surface area contributed by atoms with E-state index in [0.717, 1.165) is 0 Å². The van der Waals surface area contributed by atoms with E-state index in [1.54, 1.807) is 18.2 Å². The molecule has 4 heteroatoms. The molecular formula is C12H5Cl3F. The van der Waals surface area contributed by atoms with Crippen LogP contribution in [-0.4, -0.2) is 0 Å². The molecule has 16 heavy (non-hydrogen) atoms. The Balaban J connectivity index is 2.62. The van der Waals surface area contributed by atoms with Crippen LogP contribution >= 0.6 is 34.8 Å². The van der Waals surface area contributed by atoms with Gasteiger partial charge in [0.2, 0.25) is 0 Å². The Bertz CT molecular complexity index is 538. The molecule has 0 unspecified atom stereocenters. The number of halogens is 4. The summed E-state index contributed by atoms with van der Waals surface area (Å²) in [7, 11) is 0. The summed E-state index contributed by atoms with van der Waals surface area (Å²) in [6, 6.07) is 10.2. The van der Waals surface area contributed by atoms with Crippen molar-refractivity contribution in [3.05, 3.63) is 57.3 Å². The normalized spacial score (nSPS) is 10.5. The maximum atomic E-state index is 13.7. The van der Waals surface area contributed by atoms with Crippen molar-refractivity contribution in [2.45, 2.75) is 0 Å². The van der Waals surface area contributed by atoms with E-state index in [9.17, 15) is 4.39 Å². The second-order valence-electron chi connectivity index (χ2n) is 3.17. The van der Waals surface area contributed by atoms with Crippen LogP contribution in [0, 0.1) is 11.9 Å². The molecule has 0 amide bonds. The molecule has 0 aliphatic heterocycles. The average Bonchev–Trinajstić information content (AvgIpc) is 2.22. The Labute approximate surface area is 108 Å². The molecule has 0 bridgehead atoms. The van der Waals surface area contributed by atoms with Gasteiger partial charge in [0.15, 0.2) is 0 Å². The molecule has 1 radical (unpaired) electrons. The summed E-state index contributed by atoms with van der Waals surface area (Å²) in [5, 5.41) is 1.12. The molecule has 0 aliphatic rings. The van der Waals surface area contributed by atoms with Crippen LogP contribution in [-0.2, 0) is 0 Å². The van der Waals surface area contributed by atoms with E-state index in [0.29, 0.717) is 26.2 Å². The first-order chi connectivity index (χ1) is 7.58. The van der Waals surface area contributed by atoms with Crippen molar-refractivity contribution in [3.63, 3.8) is 0 Å². The smallest absolute Gasteiger partial charge is 0.132 e. The maximum absolute atomic E-state index is 13.7. The van der Waals surface area contributed by atoms with Gasteiger partial charge >= 0.3 is 0 Å². The highest BCUT2D eigenvalue weighted by Crippen LogP contribution is 2.32. The van der Waals surface area contributed by atoms with Gasteiger partial charge in [-0.2, -0.15) is 0 Å². The highest BCUT2D eigenvalue weighted by Gasteiger charge is 2.09. The zero-order chi connectivity index (χ0) is 11.7. The molecule has 0 saturated heterocycles. The Hall–Kier alpha value is -0.760. The average molecular weight is 275 g/mol. The fraction of sp³-hybridized carbons (Fsp3) is 0. The lowest BCUT2D eigenvalue weighted by atomic mass is 10.1. The van der Waals surface area contributed by atoms with Gasteiger partial charge in [-0.15, -0.1) is 0 Å². The summed E-state index contributed by atoms with van der Waals surface area (Å²) in [6.45, 7) is 0. The molecule has 0 heterocycles. The van der Waals surface area contributed by atoms with Crippen molar-refractivity contribution in [1.82, 2.24) is 0 Å². The molecule has 0 atom stereocenters. The van der Waals surface area contributed by atoms with E-state index in [1.807, 2.05) is 0 Å². The molecular weight excluding hydrogens is 269 g/mol. The van der Waals surface area contributed by atoms with Crippen LogP contribution in [0.15, 0.2) is 30.3 Å². The van der Waals surface area contributed by atoms with E-state index in [4.69, 9.17) is 34.8 Å². The van der Waals surface area contributed by atoms with Crippen LogP contribution in [0.5, 0.6) is 0 Å². The third kappa shape index (κ3) is 2.32. The maximum Gasteiger partial charge on any atom is 0.132 e. The van der Waals surface area contributed by atoms with Crippen molar-refractivity contribution in [2.24, 2.45) is 0 Å². The Morgan fingerprint density at radius 1 is 1.00 bits per heavy atom. The minimum atomic E-state index is -0.434. The summed E-state index contributed by atoms with van der Waals surface area (Å²) < 4.78 is 13.7. The summed E-state index contributed by atoms with van der Waals surface area (Å²) in [4.78, 5) is 0. The van der Waals surface area contributed by atoms with Crippen LogP contribution in [0.25, 0.3) is 11.1 Å². The number of benzene rings is 2. The van der Waals surface area contributed by atoms with Crippen molar-refractivity contribution < 1.29 is 4.39 Å². The third-order valence-electron chi connectivity index (χ3n) is 2.09. The predicted octanol–water partition coefficient (Wildman–Crippen LogP) is 5.25. The lowest BCUT2D eigenvalue weighted by molar-refractivity contribution is 0.631. The molecule has 0 fully saturated rings. The van der Waals surface area contributed by atoms with Gasteiger partial charge in [0.25, 0.3) is 0 Å². The molecule has 2 aromatic rings. The van der Waals surface area contributed by atoms with E-state index >= 15 is 0 Å². The van der Waals surface area contributed by atoms with Gasteiger partial charge in [-0.25, -0.2) is 4.39 Å². The molecule has 0 saturated carbocycles. The quantitative estimate of drug-likeness (QED) is 0.666. The van der Waals surface area contributed by atoms with Crippen molar-refractivity contribution >= 4 is 34.8 Å². The monoisotopic (exact) mass is 273 g/mol. The fourth-order valence-corrected chi connectivity index (χ4v) is 1.90. The van der Waals surface area contributed by atoms with Crippen LogP contribution in [0.1, 0.15) is 0 Å². The zero-order valence-corrected chi connectivity index (χ0v) is 10.2. The second-order valence-corrected chi connectivity index (χ2v) is 4.42. The topological polar surface area (TPSA) is 0 Å². The van der Waals surface area contributed by atoms with Crippen molar-refractivity contribution in [3.8, 4) is 11.1 Å². The predicted molar refractivity (Wildman–Crippen MR) is 65.7 cm³/mol. The highest BCUT2D eigenvalue weighted by molar-refractivity contribution is 6.35. The third-order valence-corrected chi connectivity index (χ3v) is 2.85. The van der Waals surface area contributed by atoms with Gasteiger partial charge in [-0.1, -0.05) is 34.8 Å². The Morgan fingerprint density at radius 2 is 1.75 bits per heavy atom. The van der Waals surface area contributed by atoms with E-state index in [2.05, 4.69) is 6.07 Å². The first-order valence-corrected chi connectivity index (χ1v) is 5.53. The first kappa shape index (κ1) is 11.7. The fourth-order valence-electron chi connectivity index (χ4n) is 1.36. The summed E-state index contributed by atoms with van der Waals surface area (Å²) >= 11 is 17.4. The van der Waals surface area contributed by atoms with Gasteiger partial charge in [0.1, 0.15) is 5.82 Å². The van der Waals surface area contributed by atoms with Crippen LogP contribution in [0.3, 0.4) is 0 Å². The van der Waals surface area contributed by atoms with Gasteiger partial charge < -0.3 is 0 Å². The standard InChI is InChI=1S/C12H5Cl3F/c13-7-2-4-11(15)10(5-7)9-3-1-8(14)6-12(9)16/h1,3-6H. The van der Waals surface area contributed by atoms with Gasteiger partial charge in [0, 0.05) is 32.3 Å². The Morgan fingerprint density at radius 3 is 2.44 bits per heavy atom. The minimum Gasteiger partial charge on any atom is -0.206 e. The first-order valence-electron chi connectivity index (χ1n) is 4.40. The second kappa shape index (κ2) is 4.62. The summed E-state index contributed by atoms with van der Waals surface area (Å²) in [5.41, 5.74) is 0.893. The van der Waals surface area contributed by atoms with E-state index in [1.165, 1.54) is 12.1 Å². The van der Waals surface area contributed by atoms with Crippen molar-refractivity contribution in [1.29, 1.82) is 0 Å². The summed E-state index contributed by atoms with van der Waals surface area (Å²) in [6.07, 6.45) is 0. The van der Waals surface area contributed by atoms with Crippen LogP contribution < -0.4 is 0 Å². The molecule has 81 valence electrons. The molecule has 2 aromatic carbocycles. The van der Waals surface area contributed by atoms with Crippen molar-refractivity contribution in [2.75, 3.05) is 0 Å². The summed E-state index contributed by atoms with van der Waals surface area (Å²) in [5.74, 6) is -0.434. The van der Waals surface area contributed by atoms with Crippen LogP contribution in [0.4, 0.5) is 4.39 Å². The SMILES string of the molecule is Fc1cc(Cl)ccc1-c1cc(Cl)[c]cc1Cl. The lowest BCUT2D eigenvalue weighted by Crippen LogP contribution is -1.85. The van der Waals surface area contributed by atoms with Crippen LogP contribution in [0.2, 0.25) is 15.1 Å².